The first kappa shape index (κ1) is 19.5. The summed E-state index contributed by atoms with van der Waals surface area (Å²) in [5, 5.41) is 11.3. The van der Waals surface area contributed by atoms with Crippen LogP contribution >= 0.6 is 0 Å². The van der Waals surface area contributed by atoms with Gasteiger partial charge < -0.3 is 19.5 Å². The van der Waals surface area contributed by atoms with Crippen molar-refractivity contribution >= 4 is 23.6 Å². The number of rotatable bonds is 7. The predicted molar refractivity (Wildman–Crippen MR) is 99.3 cm³/mol. The van der Waals surface area contributed by atoms with Crippen LogP contribution in [0.1, 0.15) is 11.1 Å². The first-order chi connectivity index (χ1) is 13.1. The molecule has 7 heteroatoms. The lowest BCUT2D eigenvalue weighted by atomic mass is 10.1. The molecule has 7 nitrogen and oxygen atoms in total. The summed E-state index contributed by atoms with van der Waals surface area (Å²) in [4.78, 5) is 23.6. The molecular formula is C20H18N2O5. The third-order valence-electron chi connectivity index (χ3n) is 3.48. The first-order valence-corrected chi connectivity index (χ1v) is 7.93. The van der Waals surface area contributed by atoms with Crippen molar-refractivity contribution in [3.63, 3.8) is 0 Å². The number of carbonyl (C=O) groups is 2. The summed E-state index contributed by atoms with van der Waals surface area (Å²) in [7, 11) is 3.02. The fraction of sp³-hybridized carbons (Fsp3) is 0.150. The summed E-state index contributed by atoms with van der Waals surface area (Å²) in [5.74, 6) is -0.132. The predicted octanol–water partition coefficient (Wildman–Crippen LogP) is 2.77. The van der Waals surface area contributed by atoms with E-state index in [-0.39, 0.29) is 0 Å². The van der Waals surface area contributed by atoms with Crippen LogP contribution in [0.5, 0.6) is 11.5 Å². The molecule has 0 fully saturated rings. The van der Waals surface area contributed by atoms with Gasteiger partial charge in [0, 0.05) is 17.3 Å². The molecule has 0 radical (unpaired) electrons. The zero-order chi connectivity index (χ0) is 19.6. The van der Waals surface area contributed by atoms with Crippen molar-refractivity contribution in [3.05, 3.63) is 59.7 Å². The Labute approximate surface area is 156 Å². The largest absolute Gasteiger partial charge is 0.493 e. The molecule has 1 N–H and O–H groups in total. The van der Waals surface area contributed by atoms with Crippen molar-refractivity contribution in [1.82, 2.24) is 0 Å². The lowest BCUT2D eigenvalue weighted by molar-refractivity contribution is -0.142. The summed E-state index contributed by atoms with van der Waals surface area (Å²) in [6.45, 7) is -0.432. The van der Waals surface area contributed by atoms with Gasteiger partial charge in [-0.05, 0) is 36.4 Å². The standard InChI is InChI=1S/C20H18N2O5/c1-25-17-5-3-4-15(20(17)26-2)8-11-19(24)27-13-18(23)22-16-9-6-14(12-21)7-10-16/h3-11H,13H2,1-2H3,(H,22,23)/b11-8+. The molecule has 2 aromatic carbocycles. The van der Waals surface area contributed by atoms with Crippen molar-refractivity contribution in [2.24, 2.45) is 0 Å². The maximum atomic E-state index is 11.8. The molecule has 0 unspecified atom stereocenters. The van der Waals surface area contributed by atoms with Crippen LogP contribution in [-0.4, -0.2) is 32.7 Å². The van der Waals surface area contributed by atoms with Gasteiger partial charge >= 0.3 is 5.97 Å². The van der Waals surface area contributed by atoms with Crippen LogP contribution in [-0.2, 0) is 14.3 Å². The molecule has 0 aliphatic carbocycles. The van der Waals surface area contributed by atoms with Gasteiger partial charge in [-0.2, -0.15) is 5.26 Å². The Morgan fingerprint density at radius 2 is 1.85 bits per heavy atom. The smallest absolute Gasteiger partial charge is 0.331 e. The van der Waals surface area contributed by atoms with Gasteiger partial charge in [-0.25, -0.2) is 4.79 Å². The van der Waals surface area contributed by atoms with E-state index in [0.717, 1.165) is 0 Å². The van der Waals surface area contributed by atoms with Gasteiger partial charge in [-0.1, -0.05) is 12.1 Å². The molecule has 0 heterocycles. The molecule has 2 rings (SSSR count). The van der Waals surface area contributed by atoms with Crippen molar-refractivity contribution in [3.8, 4) is 17.6 Å². The molecule has 0 aromatic heterocycles. The maximum absolute atomic E-state index is 11.8. The van der Waals surface area contributed by atoms with Gasteiger partial charge in [0.05, 0.1) is 25.9 Å². The molecule has 0 saturated carbocycles. The minimum atomic E-state index is -0.671. The molecule has 0 aliphatic rings. The summed E-state index contributed by atoms with van der Waals surface area (Å²) in [6.07, 6.45) is 2.72. The second-order valence-corrected chi connectivity index (χ2v) is 5.26. The molecule has 138 valence electrons. The number of hydrogen-bond donors (Lipinski definition) is 1. The summed E-state index contributed by atoms with van der Waals surface area (Å²) < 4.78 is 15.4. The third-order valence-corrected chi connectivity index (χ3v) is 3.48. The van der Waals surface area contributed by atoms with E-state index in [4.69, 9.17) is 19.5 Å². The summed E-state index contributed by atoms with van der Waals surface area (Å²) in [6, 6.07) is 13.6. The van der Waals surface area contributed by atoms with Gasteiger partial charge in [0.15, 0.2) is 18.1 Å². The molecule has 27 heavy (non-hydrogen) atoms. The van der Waals surface area contributed by atoms with Crippen LogP contribution in [0.15, 0.2) is 48.5 Å². The van der Waals surface area contributed by atoms with Crippen LogP contribution in [0.25, 0.3) is 6.08 Å². The van der Waals surface area contributed by atoms with Crippen LogP contribution in [0.2, 0.25) is 0 Å². The highest BCUT2D eigenvalue weighted by Crippen LogP contribution is 2.31. The minimum Gasteiger partial charge on any atom is -0.493 e. The summed E-state index contributed by atoms with van der Waals surface area (Å²) >= 11 is 0. The number of para-hydroxylation sites is 1. The van der Waals surface area contributed by atoms with Gasteiger partial charge in [0.1, 0.15) is 0 Å². The number of anilines is 1. The molecule has 0 spiro atoms. The molecular weight excluding hydrogens is 348 g/mol. The lowest BCUT2D eigenvalue weighted by Crippen LogP contribution is -2.20. The first-order valence-electron chi connectivity index (χ1n) is 7.93. The highest BCUT2D eigenvalue weighted by atomic mass is 16.5. The normalized spacial score (nSPS) is 10.1. The van der Waals surface area contributed by atoms with Crippen LogP contribution in [0.3, 0.4) is 0 Å². The highest BCUT2D eigenvalue weighted by molar-refractivity contribution is 5.94. The van der Waals surface area contributed by atoms with E-state index in [1.54, 1.807) is 42.5 Å². The van der Waals surface area contributed by atoms with Gasteiger partial charge in [-0.15, -0.1) is 0 Å². The Hall–Kier alpha value is -3.79. The topological polar surface area (TPSA) is 97.6 Å². The number of esters is 1. The van der Waals surface area contributed by atoms with E-state index in [2.05, 4.69) is 5.32 Å². The monoisotopic (exact) mass is 366 g/mol. The zero-order valence-corrected chi connectivity index (χ0v) is 14.9. The van der Waals surface area contributed by atoms with E-state index in [1.165, 1.54) is 26.4 Å². The zero-order valence-electron chi connectivity index (χ0n) is 14.9. The number of nitriles is 1. The van der Waals surface area contributed by atoms with Crippen molar-refractivity contribution in [2.75, 3.05) is 26.1 Å². The number of hydrogen-bond acceptors (Lipinski definition) is 6. The van der Waals surface area contributed by atoms with Crippen molar-refractivity contribution in [2.45, 2.75) is 0 Å². The quantitative estimate of drug-likeness (QED) is 0.598. The Morgan fingerprint density at radius 3 is 2.48 bits per heavy atom. The molecule has 1 amide bonds. The number of carbonyl (C=O) groups excluding carboxylic acids is 2. The van der Waals surface area contributed by atoms with E-state index < -0.39 is 18.5 Å². The number of benzene rings is 2. The molecule has 0 atom stereocenters. The van der Waals surface area contributed by atoms with Crippen molar-refractivity contribution in [1.29, 1.82) is 5.26 Å². The average Bonchev–Trinajstić information content (AvgIpc) is 2.70. The van der Waals surface area contributed by atoms with Crippen LogP contribution < -0.4 is 14.8 Å². The fourth-order valence-corrected chi connectivity index (χ4v) is 2.21. The lowest BCUT2D eigenvalue weighted by Gasteiger charge is -2.09. The third kappa shape index (κ3) is 5.61. The van der Waals surface area contributed by atoms with Crippen molar-refractivity contribution < 1.29 is 23.8 Å². The Balaban J connectivity index is 1.89. The van der Waals surface area contributed by atoms with Gasteiger partial charge in [-0.3, -0.25) is 4.79 Å². The summed E-state index contributed by atoms with van der Waals surface area (Å²) in [5.41, 5.74) is 1.63. The SMILES string of the molecule is COc1cccc(/C=C/C(=O)OCC(=O)Nc2ccc(C#N)cc2)c1OC. The second-order valence-electron chi connectivity index (χ2n) is 5.26. The Morgan fingerprint density at radius 1 is 1.11 bits per heavy atom. The average molecular weight is 366 g/mol. The van der Waals surface area contributed by atoms with E-state index >= 15 is 0 Å². The molecule has 2 aromatic rings. The fourth-order valence-electron chi connectivity index (χ4n) is 2.21. The van der Waals surface area contributed by atoms with Crippen LogP contribution in [0.4, 0.5) is 5.69 Å². The van der Waals surface area contributed by atoms with Gasteiger partial charge in [0.25, 0.3) is 5.91 Å². The minimum absolute atomic E-state index is 0.432. The highest BCUT2D eigenvalue weighted by Gasteiger charge is 2.09. The van der Waals surface area contributed by atoms with E-state index in [1.807, 2.05) is 6.07 Å². The second kappa shape index (κ2) is 9.63. The Bertz CT molecular complexity index is 882. The number of ether oxygens (including phenoxy) is 3. The number of methoxy groups -OCH3 is 2. The van der Waals surface area contributed by atoms with E-state index in [0.29, 0.717) is 28.3 Å². The van der Waals surface area contributed by atoms with Gasteiger partial charge in [0.2, 0.25) is 0 Å². The number of amides is 1. The van der Waals surface area contributed by atoms with E-state index in [9.17, 15) is 9.59 Å². The molecule has 0 aliphatic heterocycles. The number of nitrogens with zero attached hydrogens (tertiary/aromatic N) is 1. The number of nitrogens with one attached hydrogen (secondary N) is 1. The maximum Gasteiger partial charge on any atom is 0.331 e. The Kier molecular flexibility index (Phi) is 6.97. The molecule has 0 saturated heterocycles. The van der Waals surface area contributed by atoms with Crippen LogP contribution in [0, 0.1) is 11.3 Å². The molecule has 0 bridgehead atoms.